The lowest BCUT2D eigenvalue weighted by Crippen LogP contribution is -2.31. The van der Waals surface area contributed by atoms with Gasteiger partial charge in [-0.05, 0) is 13.0 Å². The Morgan fingerprint density at radius 3 is 3.00 bits per heavy atom. The molecule has 0 fully saturated rings. The van der Waals surface area contributed by atoms with E-state index in [9.17, 15) is 4.79 Å². The summed E-state index contributed by atoms with van der Waals surface area (Å²) in [7, 11) is 1.48. The van der Waals surface area contributed by atoms with Crippen LogP contribution < -0.4 is 10.6 Å². The largest absolute Gasteiger partial charge is 0.375 e. The molecule has 1 heterocycles. The van der Waals surface area contributed by atoms with Gasteiger partial charge in [-0.1, -0.05) is 0 Å². The Morgan fingerprint density at radius 1 is 1.50 bits per heavy atom. The normalized spacial score (nSPS) is 9.88. The minimum absolute atomic E-state index is 0.0843. The van der Waals surface area contributed by atoms with Gasteiger partial charge in [0.05, 0.1) is 0 Å². The molecule has 1 rings (SSSR count). The average molecular weight is 224 g/mol. The van der Waals surface area contributed by atoms with Gasteiger partial charge in [0.1, 0.15) is 6.61 Å². The van der Waals surface area contributed by atoms with Crippen LogP contribution in [0.2, 0.25) is 0 Å². The maximum Gasteiger partial charge on any atom is 0.246 e. The van der Waals surface area contributed by atoms with Crippen molar-refractivity contribution in [1.82, 2.24) is 15.3 Å². The zero-order valence-corrected chi connectivity index (χ0v) is 9.49. The number of aromatic nitrogens is 2. The number of anilines is 1. The molecule has 0 aliphatic heterocycles. The number of methoxy groups -OCH3 is 1. The average Bonchev–Trinajstić information content (AvgIpc) is 2.25. The zero-order valence-electron chi connectivity index (χ0n) is 9.49. The fourth-order valence-corrected chi connectivity index (χ4v) is 1.09. The summed E-state index contributed by atoms with van der Waals surface area (Å²) in [6, 6.07) is 1.82. The third-order valence-electron chi connectivity index (χ3n) is 1.80. The van der Waals surface area contributed by atoms with Crippen LogP contribution in [0.25, 0.3) is 0 Å². The van der Waals surface area contributed by atoms with Crippen LogP contribution in [0.15, 0.2) is 12.3 Å². The van der Waals surface area contributed by atoms with Crippen LogP contribution in [0.3, 0.4) is 0 Å². The molecule has 0 radical (unpaired) electrons. The summed E-state index contributed by atoms with van der Waals surface area (Å²) < 4.78 is 4.68. The number of carbonyl (C=O) groups excluding carboxylic acids is 1. The molecule has 0 unspecified atom stereocenters. The van der Waals surface area contributed by atoms with Crippen molar-refractivity contribution < 1.29 is 9.53 Å². The van der Waals surface area contributed by atoms with Gasteiger partial charge in [-0.3, -0.25) is 4.79 Å². The highest BCUT2D eigenvalue weighted by Gasteiger charge is 1.98. The molecule has 6 heteroatoms. The maximum atomic E-state index is 11.0. The molecule has 0 atom stereocenters. The lowest BCUT2D eigenvalue weighted by atomic mass is 10.5. The third kappa shape index (κ3) is 4.70. The van der Waals surface area contributed by atoms with Gasteiger partial charge in [-0.15, -0.1) is 0 Å². The van der Waals surface area contributed by atoms with Crippen molar-refractivity contribution in [3.63, 3.8) is 0 Å². The van der Waals surface area contributed by atoms with Gasteiger partial charge in [0.15, 0.2) is 0 Å². The maximum absolute atomic E-state index is 11.0. The lowest BCUT2D eigenvalue weighted by molar-refractivity contribution is -0.124. The fourth-order valence-electron chi connectivity index (χ4n) is 1.09. The molecule has 1 amide bonds. The highest BCUT2D eigenvalue weighted by molar-refractivity contribution is 5.77. The van der Waals surface area contributed by atoms with E-state index >= 15 is 0 Å². The van der Waals surface area contributed by atoms with E-state index in [1.165, 1.54) is 7.11 Å². The Kier molecular flexibility index (Phi) is 5.21. The molecular weight excluding hydrogens is 208 g/mol. The van der Waals surface area contributed by atoms with Gasteiger partial charge >= 0.3 is 0 Å². The van der Waals surface area contributed by atoms with Crippen molar-refractivity contribution in [3.8, 4) is 0 Å². The number of carbonyl (C=O) groups is 1. The second kappa shape index (κ2) is 6.73. The van der Waals surface area contributed by atoms with Crippen LogP contribution in [-0.2, 0) is 9.53 Å². The van der Waals surface area contributed by atoms with Crippen molar-refractivity contribution in [2.45, 2.75) is 6.92 Å². The van der Waals surface area contributed by atoms with E-state index in [1.54, 1.807) is 6.20 Å². The summed E-state index contributed by atoms with van der Waals surface area (Å²) >= 11 is 0. The first-order chi connectivity index (χ1) is 7.72. The topological polar surface area (TPSA) is 76.1 Å². The molecule has 0 bridgehead atoms. The van der Waals surface area contributed by atoms with Gasteiger partial charge < -0.3 is 15.4 Å². The Bertz CT molecular complexity index is 343. The summed E-state index contributed by atoms with van der Waals surface area (Å²) in [6.07, 6.45) is 1.69. The van der Waals surface area contributed by atoms with Gasteiger partial charge in [0.25, 0.3) is 0 Å². The Labute approximate surface area is 94.4 Å². The number of amides is 1. The quantitative estimate of drug-likeness (QED) is 0.663. The van der Waals surface area contributed by atoms with Gasteiger partial charge in [0, 0.05) is 32.1 Å². The molecule has 1 aromatic heterocycles. The SMILES string of the molecule is COCC(=O)NCCNc1nccc(C)n1. The first-order valence-electron chi connectivity index (χ1n) is 5.01. The molecule has 0 saturated heterocycles. The molecule has 1 aromatic rings. The van der Waals surface area contributed by atoms with E-state index in [0.29, 0.717) is 19.0 Å². The smallest absolute Gasteiger partial charge is 0.246 e. The van der Waals surface area contributed by atoms with Gasteiger partial charge in [-0.2, -0.15) is 0 Å². The van der Waals surface area contributed by atoms with Crippen molar-refractivity contribution in [2.75, 3.05) is 32.1 Å². The van der Waals surface area contributed by atoms with Crippen molar-refractivity contribution in [2.24, 2.45) is 0 Å². The zero-order chi connectivity index (χ0) is 11.8. The summed E-state index contributed by atoms with van der Waals surface area (Å²) in [6.45, 7) is 3.08. The lowest BCUT2D eigenvalue weighted by Gasteiger charge is -2.06. The number of ether oxygens (including phenoxy) is 1. The molecule has 0 saturated carbocycles. The monoisotopic (exact) mass is 224 g/mol. The van der Waals surface area contributed by atoms with Crippen molar-refractivity contribution in [3.05, 3.63) is 18.0 Å². The Balaban J connectivity index is 2.18. The molecule has 16 heavy (non-hydrogen) atoms. The van der Waals surface area contributed by atoms with Crippen LogP contribution in [0, 0.1) is 6.92 Å². The van der Waals surface area contributed by atoms with E-state index in [-0.39, 0.29) is 12.5 Å². The molecule has 2 N–H and O–H groups in total. The third-order valence-corrected chi connectivity index (χ3v) is 1.80. The second-order valence-corrected chi connectivity index (χ2v) is 3.23. The molecule has 0 aliphatic rings. The minimum Gasteiger partial charge on any atom is -0.375 e. The number of aryl methyl sites for hydroxylation is 1. The molecule has 88 valence electrons. The highest BCUT2D eigenvalue weighted by Crippen LogP contribution is 1.97. The Hall–Kier alpha value is -1.69. The van der Waals surface area contributed by atoms with Gasteiger partial charge in [0.2, 0.25) is 11.9 Å². The fraction of sp³-hybridized carbons (Fsp3) is 0.500. The molecule has 0 aromatic carbocycles. The Morgan fingerprint density at radius 2 is 2.31 bits per heavy atom. The van der Waals surface area contributed by atoms with E-state index in [1.807, 2.05) is 13.0 Å². The number of hydrogen-bond donors (Lipinski definition) is 2. The van der Waals surface area contributed by atoms with Crippen LogP contribution >= 0.6 is 0 Å². The van der Waals surface area contributed by atoms with E-state index in [4.69, 9.17) is 0 Å². The minimum atomic E-state index is -0.130. The molecule has 0 spiro atoms. The van der Waals surface area contributed by atoms with Crippen molar-refractivity contribution >= 4 is 11.9 Å². The predicted molar refractivity (Wildman–Crippen MR) is 60.1 cm³/mol. The van der Waals surface area contributed by atoms with E-state index < -0.39 is 0 Å². The summed E-state index contributed by atoms with van der Waals surface area (Å²) in [5.41, 5.74) is 0.904. The van der Waals surface area contributed by atoms with Crippen molar-refractivity contribution in [1.29, 1.82) is 0 Å². The van der Waals surface area contributed by atoms with E-state index in [2.05, 4.69) is 25.3 Å². The summed E-state index contributed by atoms with van der Waals surface area (Å²) in [5, 5.41) is 5.69. The van der Waals surface area contributed by atoms with Crippen LogP contribution in [0.1, 0.15) is 5.69 Å². The van der Waals surface area contributed by atoms with Crippen LogP contribution in [0.5, 0.6) is 0 Å². The van der Waals surface area contributed by atoms with E-state index in [0.717, 1.165) is 5.69 Å². The summed E-state index contributed by atoms with van der Waals surface area (Å²) in [5.74, 6) is 0.440. The predicted octanol–water partition coefficient (Wildman–Crippen LogP) is -0.0405. The summed E-state index contributed by atoms with van der Waals surface area (Å²) in [4.78, 5) is 19.2. The number of nitrogens with one attached hydrogen (secondary N) is 2. The molecular formula is C10H16N4O2. The van der Waals surface area contributed by atoms with Gasteiger partial charge in [-0.25, -0.2) is 9.97 Å². The number of nitrogens with zero attached hydrogens (tertiary/aromatic N) is 2. The second-order valence-electron chi connectivity index (χ2n) is 3.23. The molecule has 6 nitrogen and oxygen atoms in total. The number of rotatable bonds is 6. The molecule has 0 aliphatic carbocycles. The first kappa shape index (κ1) is 12.4. The van der Waals surface area contributed by atoms with Crippen LogP contribution in [0.4, 0.5) is 5.95 Å². The number of hydrogen-bond acceptors (Lipinski definition) is 5. The standard InChI is InChI=1S/C10H16N4O2/c1-8-3-4-12-10(14-8)13-6-5-11-9(15)7-16-2/h3-4H,5-7H2,1-2H3,(H,11,15)(H,12,13,14). The van der Waals surface area contributed by atoms with Crippen LogP contribution in [-0.4, -0.2) is 42.7 Å². The highest BCUT2D eigenvalue weighted by atomic mass is 16.5. The first-order valence-corrected chi connectivity index (χ1v) is 5.01.